The van der Waals surface area contributed by atoms with Gasteiger partial charge in [-0.3, -0.25) is 9.53 Å². The fourth-order valence-corrected chi connectivity index (χ4v) is 1.85. The van der Waals surface area contributed by atoms with Gasteiger partial charge < -0.3 is 9.64 Å². The molecule has 0 bridgehead atoms. The molecule has 2 unspecified atom stereocenters. The highest BCUT2D eigenvalue weighted by molar-refractivity contribution is 5.98. The molecule has 0 fully saturated rings. The van der Waals surface area contributed by atoms with Crippen LogP contribution in [0.1, 0.15) is 0 Å². The number of carbonyl (C=O) groups is 1. The van der Waals surface area contributed by atoms with Crippen molar-refractivity contribution in [2.75, 3.05) is 19.1 Å². The van der Waals surface area contributed by atoms with E-state index in [1.54, 1.807) is 0 Å². The van der Waals surface area contributed by atoms with Gasteiger partial charge in [-0.05, 0) is 12.1 Å². The van der Waals surface area contributed by atoms with Gasteiger partial charge in [0.2, 0.25) is 0 Å². The molecule has 160 valence electrons. The van der Waals surface area contributed by atoms with E-state index in [4.69, 9.17) is 0 Å². The molecule has 0 N–H and O–H groups in total. The van der Waals surface area contributed by atoms with Gasteiger partial charge in [0.05, 0.1) is 0 Å². The molecule has 0 saturated heterocycles. The van der Waals surface area contributed by atoms with Crippen LogP contribution in [0.2, 0.25) is 0 Å². The standard InChI is InChI=1S/C14H11F10NO3/c1-25(8-6-4-3-5-7-8)9(26)10(15,12(17,18)19)28-14(23,24)11(16,27-2)13(20,21)22/h3-7H,1-2H3. The highest BCUT2D eigenvalue weighted by atomic mass is 19.4. The number of halogens is 10. The number of ether oxygens (including phenoxy) is 2. The van der Waals surface area contributed by atoms with E-state index in [0.29, 0.717) is 7.05 Å². The lowest BCUT2D eigenvalue weighted by molar-refractivity contribution is -0.492. The number of hydrogen-bond acceptors (Lipinski definition) is 3. The number of carbonyl (C=O) groups excluding carboxylic acids is 1. The Hall–Kier alpha value is -2.09. The summed E-state index contributed by atoms with van der Waals surface area (Å²) in [6.07, 6.45) is -19.9. The van der Waals surface area contributed by atoms with Crippen molar-refractivity contribution in [2.45, 2.75) is 30.2 Å². The Morgan fingerprint density at radius 1 is 0.857 bits per heavy atom. The molecule has 1 amide bonds. The van der Waals surface area contributed by atoms with Crippen LogP contribution in [-0.4, -0.2) is 50.2 Å². The summed E-state index contributed by atoms with van der Waals surface area (Å²) in [4.78, 5) is 11.7. The molecule has 0 saturated carbocycles. The van der Waals surface area contributed by atoms with Gasteiger partial charge in [0.25, 0.3) is 0 Å². The zero-order chi connectivity index (χ0) is 22.2. The Labute approximate surface area is 150 Å². The quantitative estimate of drug-likeness (QED) is 0.629. The number of alkyl halides is 10. The molecule has 0 aliphatic rings. The van der Waals surface area contributed by atoms with E-state index in [9.17, 15) is 48.7 Å². The second kappa shape index (κ2) is 7.39. The molecular formula is C14H11F10NO3. The first kappa shape index (κ1) is 23.9. The van der Waals surface area contributed by atoms with Crippen molar-refractivity contribution in [3.05, 3.63) is 30.3 Å². The number of methoxy groups -OCH3 is 1. The lowest BCUT2D eigenvalue weighted by Crippen LogP contribution is -2.65. The zero-order valence-corrected chi connectivity index (χ0v) is 13.8. The summed E-state index contributed by atoms with van der Waals surface area (Å²) >= 11 is 0. The first-order valence-electron chi connectivity index (χ1n) is 6.92. The average Bonchev–Trinajstić information content (AvgIpc) is 2.57. The summed E-state index contributed by atoms with van der Waals surface area (Å²) in [5.41, 5.74) is -0.459. The molecule has 0 aliphatic heterocycles. The van der Waals surface area contributed by atoms with Crippen LogP contribution in [0.15, 0.2) is 30.3 Å². The minimum absolute atomic E-state index is 0.149. The van der Waals surface area contributed by atoms with E-state index >= 15 is 0 Å². The molecule has 0 spiro atoms. The molecular weight excluding hydrogens is 420 g/mol. The molecule has 0 aliphatic carbocycles. The predicted molar refractivity (Wildman–Crippen MR) is 72.7 cm³/mol. The normalized spacial score (nSPS) is 17.6. The van der Waals surface area contributed by atoms with Crippen molar-refractivity contribution in [3.8, 4) is 0 Å². The van der Waals surface area contributed by atoms with Crippen LogP contribution in [0.5, 0.6) is 0 Å². The van der Waals surface area contributed by atoms with E-state index in [1.807, 2.05) is 0 Å². The van der Waals surface area contributed by atoms with Gasteiger partial charge >= 0.3 is 36.1 Å². The third-order valence-corrected chi connectivity index (χ3v) is 3.38. The van der Waals surface area contributed by atoms with Gasteiger partial charge in [0.1, 0.15) is 0 Å². The predicted octanol–water partition coefficient (Wildman–Crippen LogP) is 4.36. The number of amides is 1. The van der Waals surface area contributed by atoms with Gasteiger partial charge in [0.15, 0.2) is 0 Å². The van der Waals surface area contributed by atoms with E-state index in [1.165, 1.54) is 18.2 Å². The topological polar surface area (TPSA) is 38.8 Å². The molecule has 0 heterocycles. The molecule has 1 aromatic rings. The maximum absolute atomic E-state index is 14.4. The zero-order valence-electron chi connectivity index (χ0n) is 13.8. The van der Waals surface area contributed by atoms with Crippen molar-refractivity contribution in [1.82, 2.24) is 0 Å². The van der Waals surface area contributed by atoms with Crippen LogP contribution in [0.4, 0.5) is 49.6 Å². The van der Waals surface area contributed by atoms with Crippen molar-refractivity contribution in [3.63, 3.8) is 0 Å². The summed E-state index contributed by atoms with van der Waals surface area (Å²) in [5.74, 6) is -15.1. The van der Waals surface area contributed by atoms with Crippen molar-refractivity contribution in [1.29, 1.82) is 0 Å². The third-order valence-electron chi connectivity index (χ3n) is 3.38. The molecule has 0 radical (unpaired) electrons. The van der Waals surface area contributed by atoms with Crippen LogP contribution in [0, 0.1) is 0 Å². The Morgan fingerprint density at radius 2 is 1.32 bits per heavy atom. The molecule has 1 rings (SSSR count). The van der Waals surface area contributed by atoms with E-state index in [0.717, 1.165) is 12.1 Å². The Kier molecular flexibility index (Phi) is 6.32. The monoisotopic (exact) mass is 431 g/mol. The number of likely N-dealkylation sites (N-methyl/N-ethyl adjacent to an activating group) is 1. The Balaban J connectivity index is 3.44. The van der Waals surface area contributed by atoms with Gasteiger partial charge in [0, 0.05) is 19.8 Å². The summed E-state index contributed by atoms with van der Waals surface area (Å²) in [7, 11) is 0.234. The molecule has 4 nitrogen and oxygen atoms in total. The summed E-state index contributed by atoms with van der Waals surface area (Å²) in [5, 5.41) is 0. The van der Waals surface area contributed by atoms with E-state index in [-0.39, 0.29) is 12.0 Å². The number of para-hydroxylation sites is 1. The maximum atomic E-state index is 14.4. The van der Waals surface area contributed by atoms with Crippen molar-refractivity contribution in [2.24, 2.45) is 0 Å². The summed E-state index contributed by atoms with van der Waals surface area (Å²) in [6.45, 7) is 0. The fraction of sp³-hybridized carbons (Fsp3) is 0.500. The van der Waals surface area contributed by atoms with Gasteiger partial charge in [-0.1, -0.05) is 18.2 Å². The second-order valence-corrected chi connectivity index (χ2v) is 5.21. The largest absolute Gasteiger partial charge is 0.458 e. The lowest BCUT2D eigenvalue weighted by atomic mass is 10.2. The van der Waals surface area contributed by atoms with Crippen LogP contribution >= 0.6 is 0 Å². The second-order valence-electron chi connectivity index (χ2n) is 5.21. The molecule has 2 atom stereocenters. The van der Waals surface area contributed by atoms with Crippen LogP contribution in [0.3, 0.4) is 0 Å². The molecule has 1 aromatic carbocycles. The van der Waals surface area contributed by atoms with E-state index in [2.05, 4.69) is 9.47 Å². The average molecular weight is 431 g/mol. The molecule has 28 heavy (non-hydrogen) atoms. The first-order chi connectivity index (χ1) is 12.4. The third kappa shape index (κ3) is 4.01. The Bertz CT molecular complexity index is 693. The number of hydrogen-bond donors (Lipinski definition) is 0. The number of rotatable bonds is 6. The highest BCUT2D eigenvalue weighted by Crippen LogP contribution is 2.51. The maximum Gasteiger partial charge on any atom is 0.458 e. The first-order valence-corrected chi connectivity index (χ1v) is 6.92. The van der Waals surface area contributed by atoms with Gasteiger partial charge in [-0.15, -0.1) is 0 Å². The smallest absolute Gasteiger partial charge is 0.335 e. The number of benzene rings is 1. The summed E-state index contributed by atoms with van der Waals surface area (Å²) < 4.78 is 137. The van der Waals surface area contributed by atoms with E-state index < -0.39 is 41.8 Å². The highest BCUT2D eigenvalue weighted by Gasteiger charge is 2.79. The van der Waals surface area contributed by atoms with Gasteiger partial charge in [-0.2, -0.15) is 43.9 Å². The van der Waals surface area contributed by atoms with Crippen LogP contribution in [0.25, 0.3) is 0 Å². The SMILES string of the molecule is COC(F)(C(F)(F)F)C(F)(F)OC(F)(C(=O)N(C)c1ccccc1)C(F)(F)F. The van der Waals surface area contributed by atoms with Crippen LogP contribution < -0.4 is 4.90 Å². The summed E-state index contributed by atoms with van der Waals surface area (Å²) in [6, 6.07) is 5.58. The molecule has 0 aromatic heterocycles. The number of anilines is 1. The van der Waals surface area contributed by atoms with Crippen LogP contribution in [-0.2, 0) is 14.3 Å². The van der Waals surface area contributed by atoms with Gasteiger partial charge in [-0.25, -0.2) is 0 Å². The Morgan fingerprint density at radius 3 is 1.68 bits per heavy atom. The molecule has 14 heteroatoms. The lowest BCUT2D eigenvalue weighted by Gasteiger charge is -2.38. The van der Waals surface area contributed by atoms with Crippen molar-refractivity contribution >= 4 is 11.6 Å². The minimum atomic E-state index is -6.65. The fourth-order valence-electron chi connectivity index (χ4n) is 1.85. The number of nitrogens with zero attached hydrogens (tertiary/aromatic N) is 1. The minimum Gasteiger partial charge on any atom is -0.335 e. The van der Waals surface area contributed by atoms with Crippen molar-refractivity contribution < 1.29 is 58.2 Å².